The van der Waals surface area contributed by atoms with Crippen molar-refractivity contribution >= 4 is 40.0 Å². The van der Waals surface area contributed by atoms with Gasteiger partial charge in [-0.1, -0.05) is 87.5 Å². The first-order valence-corrected chi connectivity index (χ1v) is 28.5. The van der Waals surface area contributed by atoms with Gasteiger partial charge in [-0.05, 0) is 98.9 Å². The molecular formula is C55H71N8O7PSi. The lowest BCUT2D eigenvalue weighted by atomic mass is 9.80. The molecule has 1 fully saturated rings. The van der Waals surface area contributed by atoms with E-state index in [2.05, 4.69) is 89.4 Å². The maximum absolute atomic E-state index is 9.70. The molecule has 15 nitrogen and oxygen atoms in total. The normalized spacial score (nSPS) is 18.1. The molecule has 4 aromatic carbocycles. The van der Waals surface area contributed by atoms with Gasteiger partial charge in [-0.15, -0.1) is 0 Å². The smallest absolute Gasteiger partial charge is 0.259 e. The van der Waals surface area contributed by atoms with E-state index in [1.807, 2.05) is 115 Å². The van der Waals surface area contributed by atoms with Crippen LogP contribution in [0.5, 0.6) is 11.5 Å². The molecule has 1 aliphatic heterocycles. The van der Waals surface area contributed by atoms with Crippen molar-refractivity contribution in [1.82, 2.24) is 29.1 Å². The zero-order chi connectivity index (χ0) is 51.8. The van der Waals surface area contributed by atoms with Gasteiger partial charge in [-0.3, -0.25) is 4.57 Å². The molecule has 2 aromatic heterocycles. The first-order chi connectivity index (χ1) is 34.4. The Bertz CT molecular complexity index is 2710. The van der Waals surface area contributed by atoms with Crippen LogP contribution in [0.25, 0.3) is 22.4 Å². The summed E-state index contributed by atoms with van der Waals surface area (Å²) >= 11 is 0. The van der Waals surface area contributed by atoms with Crippen molar-refractivity contribution in [3.8, 4) is 28.8 Å². The number of ether oxygens (including phenoxy) is 4. The zero-order valence-corrected chi connectivity index (χ0v) is 45.9. The number of rotatable bonds is 22. The van der Waals surface area contributed by atoms with Crippen molar-refractivity contribution in [1.29, 1.82) is 5.26 Å². The Morgan fingerprint density at radius 1 is 0.833 bits per heavy atom. The van der Waals surface area contributed by atoms with Crippen LogP contribution in [0, 0.1) is 11.3 Å². The second-order valence-electron chi connectivity index (χ2n) is 20.1. The average Bonchev–Trinajstić information content (AvgIpc) is 3.94. The van der Waals surface area contributed by atoms with E-state index in [1.54, 1.807) is 33.2 Å². The molecule has 0 aliphatic carbocycles. The van der Waals surface area contributed by atoms with Crippen LogP contribution in [-0.4, -0.2) is 116 Å². The van der Waals surface area contributed by atoms with Gasteiger partial charge in [-0.25, -0.2) is 24.6 Å². The lowest BCUT2D eigenvalue weighted by Gasteiger charge is -2.42. The highest BCUT2D eigenvalue weighted by Crippen LogP contribution is 2.53. The molecule has 72 heavy (non-hydrogen) atoms. The summed E-state index contributed by atoms with van der Waals surface area (Å²) < 4.78 is 52.3. The first kappa shape index (κ1) is 54.2. The predicted molar refractivity (Wildman–Crippen MR) is 287 cm³/mol. The summed E-state index contributed by atoms with van der Waals surface area (Å²) in [5.74, 6) is 1.43. The molecule has 1 unspecified atom stereocenters. The maximum Gasteiger partial charge on any atom is 0.259 e. The van der Waals surface area contributed by atoms with Crippen LogP contribution < -0.4 is 9.47 Å². The van der Waals surface area contributed by atoms with Crippen molar-refractivity contribution in [3.63, 3.8) is 0 Å². The van der Waals surface area contributed by atoms with E-state index < -0.39 is 47.0 Å². The van der Waals surface area contributed by atoms with Crippen molar-refractivity contribution in [2.45, 2.75) is 115 Å². The monoisotopic (exact) mass is 1010 g/mol. The average molecular weight is 1020 g/mol. The Kier molecular flexibility index (Phi) is 17.7. The highest BCUT2D eigenvalue weighted by molar-refractivity contribution is 7.44. The number of nitriles is 1. The summed E-state index contributed by atoms with van der Waals surface area (Å²) in [4.78, 5) is 21.2. The standard InChI is InChI=1S/C55H71N8O7PSi/c1-38(2)63(39(3)4)71(67-32-18-31-56)69-50-47(34-66-55(41-20-15-14-16-21-41,42-23-27-45(64-10)28-24-42)43-25-29-46(65-11)30-26-43)68-53(51(50)70-72(12,13)54(5,6)7)62-37-60-49-48(57-35-58-52(49)62)40-19-17-22-44(33-40)59-36-61(8)9/h14-17,19-30,33,35-39,47,50-51,53H,18,32,34H2,1-13H3/b59-36+/t47-,50-,51-,53-,71?/m1/s1. The van der Waals surface area contributed by atoms with Crippen LogP contribution in [0.15, 0.2) is 121 Å². The van der Waals surface area contributed by atoms with Crippen LogP contribution in [0.3, 0.4) is 0 Å². The lowest BCUT2D eigenvalue weighted by molar-refractivity contribution is -0.0926. The Balaban J connectivity index is 1.43. The van der Waals surface area contributed by atoms with Crippen LogP contribution in [0.1, 0.15) is 77.8 Å². The van der Waals surface area contributed by atoms with E-state index in [0.717, 1.165) is 27.9 Å². The quantitative estimate of drug-likeness (QED) is 0.0159. The van der Waals surface area contributed by atoms with E-state index in [1.165, 1.54) is 0 Å². The third-order valence-electron chi connectivity index (χ3n) is 13.2. The van der Waals surface area contributed by atoms with Crippen LogP contribution in [-0.2, 0) is 28.5 Å². The number of methoxy groups -OCH3 is 2. The summed E-state index contributed by atoms with van der Waals surface area (Å²) in [6, 6.07) is 36.3. The maximum atomic E-state index is 9.70. The zero-order valence-electron chi connectivity index (χ0n) is 44.0. The molecule has 0 saturated carbocycles. The second-order valence-corrected chi connectivity index (χ2v) is 26.3. The summed E-state index contributed by atoms with van der Waals surface area (Å²) in [5.41, 5.74) is 4.88. The van der Waals surface area contributed by atoms with E-state index in [0.29, 0.717) is 28.4 Å². The predicted octanol–water partition coefficient (Wildman–Crippen LogP) is 11.7. The van der Waals surface area contributed by atoms with Gasteiger partial charge in [0.2, 0.25) is 0 Å². The van der Waals surface area contributed by atoms with Crippen LogP contribution in [0.2, 0.25) is 18.1 Å². The topological polar surface area (TPSA) is 151 Å². The molecule has 3 heterocycles. The van der Waals surface area contributed by atoms with Crippen LogP contribution >= 0.6 is 8.53 Å². The number of aromatic nitrogens is 4. The number of aliphatic imine (C=N–C) groups is 1. The van der Waals surface area contributed by atoms with Gasteiger partial charge in [-0.2, -0.15) is 5.26 Å². The molecule has 0 radical (unpaired) electrons. The molecule has 5 atom stereocenters. The Morgan fingerprint density at radius 3 is 2.03 bits per heavy atom. The summed E-state index contributed by atoms with van der Waals surface area (Å²) in [7, 11) is 2.75. The fraction of sp³-hybridized carbons (Fsp3) is 0.436. The van der Waals surface area contributed by atoms with Gasteiger partial charge in [0.25, 0.3) is 8.53 Å². The van der Waals surface area contributed by atoms with Gasteiger partial charge in [0.05, 0.1) is 58.3 Å². The molecule has 0 N–H and O–H groups in total. The highest BCUT2D eigenvalue weighted by atomic mass is 31.2. The highest BCUT2D eigenvalue weighted by Gasteiger charge is 2.54. The number of fused-ring (bicyclic) bond motifs is 1. The molecule has 6 aromatic rings. The fourth-order valence-electron chi connectivity index (χ4n) is 8.68. The summed E-state index contributed by atoms with van der Waals surface area (Å²) in [6.45, 7) is 19.9. The third kappa shape index (κ3) is 11.9. The van der Waals surface area contributed by atoms with Crippen LogP contribution in [0.4, 0.5) is 5.69 Å². The molecule has 0 amide bonds. The van der Waals surface area contributed by atoms with Crippen molar-refractivity contribution in [2.24, 2.45) is 4.99 Å². The summed E-state index contributed by atoms with van der Waals surface area (Å²) in [6.07, 6.45) is 2.21. The summed E-state index contributed by atoms with van der Waals surface area (Å²) in [5, 5.41) is 9.50. The molecule has 17 heteroatoms. The third-order valence-corrected chi connectivity index (χ3v) is 19.8. The molecule has 0 bridgehead atoms. The van der Waals surface area contributed by atoms with Crippen molar-refractivity contribution < 1.29 is 32.4 Å². The minimum atomic E-state index is -2.64. The molecule has 0 spiro atoms. The first-order valence-electron chi connectivity index (χ1n) is 24.5. The number of benzene rings is 4. The number of imidazole rings is 1. The van der Waals surface area contributed by atoms with E-state index in [9.17, 15) is 5.26 Å². The largest absolute Gasteiger partial charge is 0.497 e. The number of nitrogens with zero attached hydrogens (tertiary/aromatic N) is 8. The molecule has 1 aliphatic rings. The number of hydrogen-bond donors (Lipinski definition) is 0. The lowest BCUT2D eigenvalue weighted by Crippen LogP contribution is -2.50. The SMILES string of the molecule is COc1ccc(C(OC[C@H]2O[C@@H](n3cnc4c(-c5cccc(/N=C/N(C)C)c5)ncnc43)[C@H](O[Si](C)(C)C(C)(C)C)[C@@H]2OP(OCCC#N)N(C(C)C)C(C)C)(c2ccccc2)c2ccc(OC)cc2)cc1. The minimum Gasteiger partial charge on any atom is -0.497 e. The van der Waals surface area contributed by atoms with Gasteiger partial charge in [0, 0.05) is 31.7 Å². The molecular weight excluding hydrogens is 944 g/mol. The molecule has 7 rings (SSSR count). The van der Waals surface area contributed by atoms with Crippen molar-refractivity contribution in [3.05, 3.63) is 132 Å². The van der Waals surface area contributed by atoms with Gasteiger partial charge in [0.15, 0.2) is 20.2 Å². The fourth-order valence-corrected chi connectivity index (χ4v) is 11.7. The van der Waals surface area contributed by atoms with Crippen molar-refractivity contribution in [2.75, 3.05) is 41.5 Å². The number of hydrogen-bond acceptors (Lipinski definition) is 13. The van der Waals surface area contributed by atoms with Gasteiger partial charge in [0.1, 0.15) is 52.9 Å². The van der Waals surface area contributed by atoms with Gasteiger partial charge < -0.3 is 37.3 Å². The second kappa shape index (κ2) is 23.5. The van der Waals surface area contributed by atoms with E-state index in [-0.39, 0.29) is 36.8 Å². The Hall–Kier alpha value is -5.60. The van der Waals surface area contributed by atoms with E-state index >= 15 is 0 Å². The Labute approximate surface area is 428 Å². The Morgan fingerprint density at radius 2 is 1.46 bits per heavy atom. The minimum absolute atomic E-state index is 0.0291. The van der Waals surface area contributed by atoms with Gasteiger partial charge >= 0.3 is 0 Å². The molecule has 382 valence electrons. The molecule has 1 saturated heterocycles. The van der Waals surface area contributed by atoms with E-state index in [4.69, 9.17) is 47.4 Å².